The maximum atomic E-state index is 11.2. The molecule has 0 unspecified atom stereocenters. The molecule has 0 aromatic carbocycles. The third-order valence-electron chi connectivity index (χ3n) is 3.96. The lowest BCUT2D eigenvalue weighted by molar-refractivity contribution is -0.384. The number of nitrogens with zero attached hydrogens (tertiary/aromatic N) is 3. The number of nitro groups is 1. The summed E-state index contributed by atoms with van der Waals surface area (Å²) in [5.41, 5.74) is 0.116. The van der Waals surface area contributed by atoms with Crippen LogP contribution < -0.4 is 10.2 Å². The maximum absolute atomic E-state index is 11.2. The Kier molecular flexibility index (Phi) is 3.46. The predicted octanol–water partition coefficient (Wildman–Crippen LogP) is 2.66. The summed E-state index contributed by atoms with van der Waals surface area (Å²) in [5.74, 6) is 2.59. The van der Waals surface area contributed by atoms with Crippen LogP contribution in [-0.4, -0.2) is 30.0 Å². The molecule has 20 heavy (non-hydrogen) atoms. The molecule has 0 saturated heterocycles. The summed E-state index contributed by atoms with van der Waals surface area (Å²) in [4.78, 5) is 17.5. The molecule has 2 fully saturated rings. The lowest BCUT2D eigenvalue weighted by atomic mass is 10.2. The maximum Gasteiger partial charge on any atom is 0.311 e. The minimum absolute atomic E-state index is 0.116. The van der Waals surface area contributed by atoms with Crippen LogP contribution in [-0.2, 0) is 0 Å². The van der Waals surface area contributed by atoms with Crippen molar-refractivity contribution in [2.24, 2.45) is 11.8 Å². The van der Waals surface area contributed by atoms with Crippen LogP contribution in [0.2, 0.25) is 0 Å². The minimum Gasteiger partial charge on any atom is -0.373 e. The van der Waals surface area contributed by atoms with E-state index in [1.807, 2.05) is 0 Å². The van der Waals surface area contributed by atoms with Gasteiger partial charge in [-0.25, -0.2) is 4.98 Å². The SMILES string of the molecule is CNc1ccc([N+](=O)[O-])c(N(CC2CC2)CC2CC2)n1. The highest BCUT2D eigenvalue weighted by atomic mass is 16.6. The average molecular weight is 276 g/mol. The summed E-state index contributed by atoms with van der Waals surface area (Å²) in [7, 11) is 1.78. The minimum atomic E-state index is -0.325. The number of rotatable bonds is 7. The van der Waals surface area contributed by atoms with E-state index < -0.39 is 0 Å². The molecule has 0 spiro atoms. The third kappa shape index (κ3) is 3.00. The summed E-state index contributed by atoms with van der Waals surface area (Å²) in [6, 6.07) is 3.22. The molecule has 0 atom stereocenters. The molecule has 108 valence electrons. The molecule has 1 N–H and O–H groups in total. The van der Waals surface area contributed by atoms with Crippen LogP contribution in [0.4, 0.5) is 17.3 Å². The number of hydrogen-bond donors (Lipinski definition) is 1. The number of aromatic nitrogens is 1. The van der Waals surface area contributed by atoms with Gasteiger partial charge in [0.15, 0.2) is 0 Å². The van der Waals surface area contributed by atoms with Crippen LogP contribution in [0.1, 0.15) is 25.7 Å². The zero-order valence-corrected chi connectivity index (χ0v) is 11.7. The van der Waals surface area contributed by atoms with Gasteiger partial charge in [0.1, 0.15) is 5.82 Å². The molecule has 1 heterocycles. The highest BCUT2D eigenvalue weighted by Gasteiger charge is 2.32. The molecule has 2 saturated carbocycles. The van der Waals surface area contributed by atoms with Crippen molar-refractivity contribution in [2.75, 3.05) is 30.4 Å². The highest BCUT2D eigenvalue weighted by molar-refractivity contribution is 5.62. The van der Waals surface area contributed by atoms with E-state index in [1.54, 1.807) is 19.2 Å². The predicted molar refractivity (Wildman–Crippen MR) is 78.1 cm³/mol. The fourth-order valence-electron chi connectivity index (χ4n) is 2.43. The Balaban J connectivity index is 1.90. The molecule has 1 aromatic heterocycles. The van der Waals surface area contributed by atoms with Gasteiger partial charge in [-0.1, -0.05) is 0 Å². The Morgan fingerprint density at radius 1 is 1.30 bits per heavy atom. The smallest absolute Gasteiger partial charge is 0.311 e. The Bertz CT molecular complexity index is 498. The second-order valence-electron chi connectivity index (χ2n) is 5.84. The zero-order valence-electron chi connectivity index (χ0n) is 11.7. The summed E-state index contributed by atoms with van der Waals surface area (Å²) < 4.78 is 0. The van der Waals surface area contributed by atoms with Gasteiger partial charge in [0, 0.05) is 26.2 Å². The molecule has 0 radical (unpaired) electrons. The van der Waals surface area contributed by atoms with Crippen LogP contribution in [0.25, 0.3) is 0 Å². The van der Waals surface area contributed by atoms with Gasteiger partial charge >= 0.3 is 5.69 Å². The van der Waals surface area contributed by atoms with Gasteiger partial charge in [0.25, 0.3) is 0 Å². The van der Waals surface area contributed by atoms with Gasteiger partial charge < -0.3 is 10.2 Å². The van der Waals surface area contributed by atoms with E-state index in [1.165, 1.54) is 25.7 Å². The van der Waals surface area contributed by atoms with Crippen molar-refractivity contribution in [3.63, 3.8) is 0 Å². The molecule has 6 heteroatoms. The molecule has 2 aliphatic rings. The van der Waals surface area contributed by atoms with Crippen LogP contribution in [0, 0.1) is 22.0 Å². The summed E-state index contributed by atoms with van der Waals surface area (Å²) >= 11 is 0. The van der Waals surface area contributed by atoms with Crippen LogP contribution in [0.3, 0.4) is 0 Å². The molecular formula is C14H20N4O2. The lowest BCUT2D eigenvalue weighted by Gasteiger charge is -2.23. The first-order valence-corrected chi connectivity index (χ1v) is 7.25. The first-order chi connectivity index (χ1) is 9.67. The van der Waals surface area contributed by atoms with Gasteiger partial charge in [-0.3, -0.25) is 10.1 Å². The second kappa shape index (κ2) is 5.26. The molecular weight excluding hydrogens is 256 g/mol. The lowest BCUT2D eigenvalue weighted by Crippen LogP contribution is -2.29. The van der Waals surface area contributed by atoms with Crippen molar-refractivity contribution >= 4 is 17.3 Å². The van der Waals surface area contributed by atoms with Gasteiger partial charge in [-0.05, 0) is 43.6 Å². The average Bonchev–Trinajstić information content (AvgIpc) is 3.32. The quantitative estimate of drug-likeness (QED) is 0.612. The number of anilines is 2. The molecule has 0 amide bonds. The van der Waals surface area contributed by atoms with Crippen molar-refractivity contribution in [2.45, 2.75) is 25.7 Å². The van der Waals surface area contributed by atoms with E-state index in [0.29, 0.717) is 23.5 Å². The van der Waals surface area contributed by atoms with Crippen molar-refractivity contribution in [1.82, 2.24) is 4.98 Å². The van der Waals surface area contributed by atoms with Crippen LogP contribution >= 0.6 is 0 Å². The summed E-state index contributed by atoms with van der Waals surface area (Å²) in [6.07, 6.45) is 4.95. The highest BCUT2D eigenvalue weighted by Crippen LogP contribution is 2.38. The molecule has 0 bridgehead atoms. The van der Waals surface area contributed by atoms with Crippen LogP contribution in [0.15, 0.2) is 12.1 Å². The van der Waals surface area contributed by atoms with Crippen LogP contribution in [0.5, 0.6) is 0 Å². The van der Waals surface area contributed by atoms with E-state index in [9.17, 15) is 10.1 Å². The second-order valence-corrected chi connectivity index (χ2v) is 5.84. The Labute approximate surface area is 118 Å². The van der Waals surface area contributed by atoms with E-state index in [-0.39, 0.29) is 10.6 Å². The van der Waals surface area contributed by atoms with E-state index in [2.05, 4.69) is 15.2 Å². The van der Waals surface area contributed by atoms with E-state index in [4.69, 9.17) is 0 Å². The fourth-order valence-corrected chi connectivity index (χ4v) is 2.43. The number of nitrogens with one attached hydrogen (secondary N) is 1. The Morgan fingerprint density at radius 3 is 2.35 bits per heavy atom. The molecule has 1 aromatic rings. The Hall–Kier alpha value is -1.85. The molecule has 3 rings (SSSR count). The summed E-state index contributed by atoms with van der Waals surface area (Å²) in [5, 5.41) is 14.2. The monoisotopic (exact) mass is 276 g/mol. The molecule has 6 nitrogen and oxygen atoms in total. The zero-order chi connectivity index (χ0) is 14.1. The van der Waals surface area contributed by atoms with E-state index >= 15 is 0 Å². The number of pyridine rings is 1. The van der Waals surface area contributed by atoms with Gasteiger partial charge in [0.05, 0.1) is 4.92 Å². The third-order valence-corrected chi connectivity index (χ3v) is 3.96. The summed E-state index contributed by atoms with van der Waals surface area (Å²) in [6.45, 7) is 1.80. The van der Waals surface area contributed by atoms with Gasteiger partial charge in [-0.15, -0.1) is 0 Å². The van der Waals surface area contributed by atoms with Crippen molar-refractivity contribution in [3.05, 3.63) is 22.2 Å². The van der Waals surface area contributed by atoms with Gasteiger partial charge in [-0.2, -0.15) is 0 Å². The largest absolute Gasteiger partial charge is 0.373 e. The molecule has 0 aliphatic heterocycles. The standard InChI is InChI=1S/C14H20N4O2/c1-15-13-7-6-12(18(19)20)14(16-13)17(8-10-2-3-10)9-11-4-5-11/h6-7,10-11H,2-5,8-9H2,1H3,(H,15,16). The number of hydrogen-bond acceptors (Lipinski definition) is 5. The van der Waals surface area contributed by atoms with E-state index in [0.717, 1.165) is 13.1 Å². The first-order valence-electron chi connectivity index (χ1n) is 7.25. The normalized spacial score (nSPS) is 17.9. The Morgan fingerprint density at radius 2 is 1.90 bits per heavy atom. The first kappa shape index (κ1) is 13.1. The fraction of sp³-hybridized carbons (Fsp3) is 0.643. The van der Waals surface area contributed by atoms with Crippen molar-refractivity contribution in [3.8, 4) is 0 Å². The molecule has 2 aliphatic carbocycles. The van der Waals surface area contributed by atoms with Gasteiger partial charge in [0.2, 0.25) is 5.82 Å². The van der Waals surface area contributed by atoms with Crippen molar-refractivity contribution < 1.29 is 4.92 Å². The van der Waals surface area contributed by atoms with Crippen molar-refractivity contribution in [1.29, 1.82) is 0 Å². The topological polar surface area (TPSA) is 71.3 Å².